The van der Waals surface area contributed by atoms with Crippen molar-refractivity contribution in [3.8, 4) is 11.3 Å². The fourth-order valence-electron chi connectivity index (χ4n) is 2.57. The topological polar surface area (TPSA) is 55.1 Å². The van der Waals surface area contributed by atoms with Crippen LogP contribution in [0.25, 0.3) is 11.3 Å². The third-order valence-electron chi connectivity index (χ3n) is 3.95. The Labute approximate surface area is 118 Å². The van der Waals surface area contributed by atoms with Crippen molar-refractivity contribution in [2.24, 2.45) is 5.92 Å². The van der Waals surface area contributed by atoms with Gasteiger partial charge in [0.25, 0.3) is 5.91 Å². The van der Waals surface area contributed by atoms with Crippen molar-refractivity contribution in [2.45, 2.75) is 32.2 Å². The highest BCUT2D eigenvalue weighted by molar-refractivity contribution is 5.93. The Morgan fingerprint density at radius 3 is 2.80 bits per heavy atom. The SMILES string of the molecule is CCC1CC(NC(=O)c2cc(-c3ccccc3)on2)C1. The second-order valence-corrected chi connectivity index (χ2v) is 5.36. The average molecular weight is 270 g/mol. The van der Waals surface area contributed by atoms with Gasteiger partial charge >= 0.3 is 0 Å². The third-order valence-corrected chi connectivity index (χ3v) is 3.95. The highest BCUT2D eigenvalue weighted by Crippen LogP contribution is 2.30. The molecule has 0 unspecified atom stereocenters. The van der Waals surface area contributed by atoms with Crippen molar-refractivity contribution < 1.29 is 9.32 Å². The van der Waals surface area contributed by atoms with E-state index >= 15 is 0 Å². The summed E-state index contributed by atoms with van der Waals surface area (Å²) in [5.74, 6) is 1.24. The minimum atomic E-state index is -0.143. The van der Waals surface area contributed by atoms with E-state index in [2.05, 4.69) is 17.4 Å². The number of hydrogen-bond donors (Lipinski definition) is 1. The van der Waals surface area contributed by atoms with E-state index in [4.69, 9.17) is 4.52 Å². The molecule has 0 bridgehead atoms. The Morgan fingerprint density at radius 1 is 1.35 bits per heavy atom. The van der Waals surface area contributed by atoms with Crippen LogP contribution in [0.2, 0.25) is 0 Å². The van der Waals surface area contributed by atoms with Gasteiger partial charge in [0, 0.05) is 17.7 Å². The number of benzene rings is 1. The highest BCUT2D eigenvalue weighted by Gasteiger charge is 2.29. The van der Waals surface area contributed by atoms with Crippen LogP contribution < -0.4 is 5.32 Å². The Balaban J connectivity index is 1.64. The van der Waals surface area contributed by atoms with Gasteiger partial charge in [0.05, 0.1) is 0 Å². The van der Waals surface area contributed by atoms with E-state index < -0.39 is 0 Å². The van der Waals surface area contributed by atoms with Gasteiger partial charge in [0.1, 0.15) is 0 Å². The molecule has 1 aliphatic carbocycles. The molecular weight excluding hydrogens is 252 g/mol. The van der Waals surface area contributed by atoms with Crippen molar-refractivity contribution in [1.82, 2.24) is 10.5 Å². The van der Waals surface area contributed by atoms with E-state index in [-0.39, 0.29) is 5.91 Å². The number of rotatable bonds is 4. The smallest absolute Gasteiger partial charge is 0.273 e. The van der Waals surface area contributed by atoms with Crippen LogP contribution in [0.4, 0.5) is 0 Å². The number of carbonyl (C=O) groups excluding carboxylic acids is 1. The first-order valence-electron chi connectivity index (χ1n) is 7.09. The average Bonchev–Trinajstić information content (AvgIpc) is 2.93. The maximum absolute atomic E-state index is 12.1. The molecule has 1 saturated carbocycles. The Bertz CT molecular complexity index is 586. The summed E-state index contributed by atoms with van der Waals surface area (Å²) < 4.78 is 5.24. The monoisotopic (exact) mass is 270 g/mol. The molecule has 0 atom stereocenters. The first kappa shape index (κ1) is 12.9. The summed E-state index contributed by atoms with van der Waals surface area (Å²) >= 11 is 0. The van der Waals surface area contributed by atoms with Gasteiger partial charge in [-0.05, 0) is 18.8 Å². The summed E-state index contributed by atoms with van der Waals surface area (Å²) in [6, 6.07) is 11.6. The molecule has 1 fully saturated rings. The van der Waals surface area contributed by atoms with Crippen molar-refractivity contribution in [3.63, 3.8) is 0 Å². The molecule has 20 heavy (non-hydrogen) atoms. The van der Waals surface area contributed by atoms with Gasteiger partial charge in [-0.25, -0.2) is 0 Å². The Morgan fingerprint density at radius 2 is 2.10 bits per heavy atom. The lowest BCUT2D eigenvalue weighted by molar-refractivity contribution is 0.0879. The number of amides is 1. The summed E-state index contributed by atoms with van der Waals surface area (Å²) in [4.78, 5) is 12.1. The number of nitrogens with zero attached hydrogens (tertiary/aromatic N) is 1. The summed E-state index contributed by atoms with van der Waals surface area (Å²) in [5.41, 5.74) is 1.28. The van der Waals surface area contributed by atoms with Crippen molar-refractivity contribution in [3.05, 3.63) is 42.1 Å². The molecule has 2 aromatic rings. The summed E-state index contributed by atoms with van der Waals surface area (Å²) in [6.45, 7) is 2.19. The molecular formula is C16H18N2O2. The minimum absolute atomic E-state index is 0.143. The van der Waals surface area contributed by atoms with Gasteiger partial charge in [0.15, 0.2) is 11.5 Å². The fraction of sp³-hybridized carbons (Fsp3) is 0.375. The minimum Gasteiger partial charge on any atom is -0.355 e. The van der Waals surface area contributed by atoms with E-state index in [1.165, 1.54) is 6.42 Å². The van der Waals surface area contributed by atoms with Crippen LogP contribution in [0.5, 0.6) is 0 Å². The molecule has 3 rings (SSSR count). The zero-order valence-electron chi connectivity index (χ0n) is 11.5. The standard InChI is InChI=1S/C16H18N2O2/c1-2-11-8-13(9-11)17-16(19)14-10-15(20-18-14)12-6-4-3-5-7-12/h3-7,10-11,13H,2,8-9H2,1H3,(H,17,19). The van der Waals surface area contributed by atoms with Crippen LogP contribution >= 0.6 is 0 Å². The second-order valence-electron chi connectivity index (χ2n) is 5.36. The summed E-state index contributed by atoms with van der Waals surface area (Å²) in [7, 11) is 0. The van der Waals surface area contributed by atoms with Crippen LogP contribution in [0.1, 0.15) is 36.7 Å². The van der Waals surface area contributed by atoms with Crippen LogP contribution in [0.3, 0.4) is 0 Å². The lowest BCUT2D eigenvalue weighted by Crippen LogP contribution is -2.44. The molecule has 1 heterocycles. The number of nitrogens with one attached hydrogen (secondary N) is 1. The molecule has 0 saturated heterocycles. The van der Waals surface area contributed by atoms with E-state index in [1.54, 1.807) is 6.07 Å². The molecule has 0 aliphatic heterocycles. The van der Waals surface area contributed by atoms with Crippen molar-refractivity contribution in [1.29, 1.82) is 0 Å². The fourth-order valence-corrected chi connectivity index (χ4v) is 2.57. The van der Waals surface area contributed by atoms with Crippen molar-refractivity contribution in [2.75, 3.05) is 0 Å². The predicted octanol–water partition coefficient (Wildman–Crippen LogP) is 3.26. The maximum Gasteiger partial charge on any atom is 0.273 e. The van der Waals surface area contributed by atoms with E-state index in [0.717, 1.165) is 24.3 Å². The van der Waals surface area contributed by atoms with Crippen LogP contribution in [0.15, 0.2) is 40.9 Å². The number of aromatic nitrogens is 1. The van der Waals surface area contributed by atoms with Gasteiger partial charge in [-0.15, -0.1) is 0 Å². The first-order chi connectivity index (χ1) is 9.76. The number of carbonyl (C=O) groups is 1. The van der Waals surface area contributed by atoms with Crippen LogP contribution in [-0.4, -0.2) is 17.1 Å². The normalized spacial score (nSPS) is 21.2. The highest BCUT2D eigenvalue weighted by atomic mass is 16.5. The first-order valence-corrected chi connectivity index (χ1v) is 7.09. The molecule has 1 amide bonds. The Kier molecular flexibility index (Phi) is 3.54. The zero-order chi connectivity index (χ0) is 13.9. The van der Waals surface area contributed by atoms with E-state index in [9.17, 15) is 4.79 Å². The zero-order valence-corrected chi connectivity index (χ0v) is 11.5. The van der Waals surface area contributed by atoms with Crippen LogP contribution in [0, 0.1) is 5.92 Å². The van der Waals surface area contributed by atoms with Gasteiger partial charge < -0.3 is 9.84 Å². The van der Waals surface area contributed by atoms with E-state index in [1.807, 2.05) is 30.3 Å². The molecule has 0 spiro atoms. The molecule has 104 valence electrons. The van der Waals surface area contributed by atoms with Gasteiger partial charge in [-0.3, -0.25) is 4.79 Å². The van der Waals surface area contributed by atoms with Gasteiger partial charge in [0.2, 0.25) is 0 Å². The molecule has 4 nitrogen and oxygen atoms in total. The number of hydrogen-bond acceptors (Lipinski definition) is 3. The molecule has 1 aromatic heterocycles. The predicted molar refractivity (Wildman–Crippen MR) is 76.2 cm³/mol. The third kappa shape index (κ3) is 2.59. The molecule has 0 radical (unpaired) electrons. The van der Waals surface area contributed by atoms with Crippen LogP contribution in [-0.2, 0) is 0 Å². The Hall–Kier alpha value is -2.10. The summed E-state index contributed by atoms with van der Waals surface area (Å²) in [5, 5.41) is 6.86. The van der Waals surface area contributed by atoms with E-state index in [0.29, 0.717) is 17.5 Å². The molecule has 1 N–H and O–H groups in total. The molecule has 4 heteroatoms. The van der Waals surface area contributed by atoms with Crippen molar-refractivity contribution >= 4 is 5.91 Å². The van der Waals surface area contributed by atoms with Gasteiger partial charge in [-0.2, -0.15) is 0 Å². The quantitative estimate of drug-likeness (QED) is 0.927. The molecule has 1 aromatic carbocycles. The lowest BCUT2D eigenvalue weighted by Gasteiger charge is -2.34. The maximum atomic E-state index is 12.1. The van der Waals surface area contributed by atoms with Gasteiger partial charge in [-0.1, -0.05) is 48.8 Å². The lowest BCUT2D eigenvalue weighted by atomic mass is 9.78. The second kappa shape index (κ2) is 5.49. The molecule has 1 aliphatic rings. The largest absolute Gasteiger partial charge is 0.355 e. The summed E-state index contributed by atoms with van der Waals surface area (Å²) in [6.07, 6.45) is 3.34.